The van der Waals surface area contributed by atoms with Gasteiger partial charge in [0.15, 0.2) is 0 Å². The van der Waals surface area contributed by atoms with Crippen molar-refractivity contribution >= 4 is 23.6 Å². The fraction of sp³-hybridized carbons (Fsp3) is 0.500. The van der Waals surface area contributed by atoms with Gasteiger partial charge < -0.3 is 15.2 Å². The number of amides is 1. The molecule has 0 saturated carbocycles. The molecule has 122 valence electrons. The largest absolute Gasteiger partial charge is 0.496 e. The summed E-state index contributed by atoms with van der Waals surface area (Å²) >= 11 is 1.61. The van der Waals surface area contributed by atoms with Crippen LogP contribution < -0.4 is 10.1 Å². The van der Waals surface area contributed by atoms with E-state index in [2.05, 4.69) is 5.32 Å². The summed E-state index contributed by atoms with van der Waals surface area (Å²) < 4.78 is 5.24. The second kappa shape index (κ2) is 9.35. The number of benzene rings is 1. The second-order valence-electron chi connectivity index (χ2n) is 5.11. The van der Waals surface area contributed by atoms with E-state index in [1.54, 1.807) is 24.9 Å². The maximum absolute atomic E-state index is 11.8. The van der Waals surface area contributed by atoms with Crippen molar-refractivity contribution in [1.82, 2.24) is 5.32 Å². The highest BCUT2D eigenvalue weighted by molar-refractivity contribution is 7.99. The van der Waals surface area contributed by atoms with Gasteiger partial charge in [0.2, 0.25) is 5.91 Å². The maximum atomic E-state index is 11.8. The lowest BCUT2D eigenvalue weighted by molar-refractivity contribution is -0.141. The number of carbonyl (C=O) groups excluding carboxylic acids is 1. The van der Waals surface area contributed by atoms with E-state index in [4.69, 9.17) is 4.74 Å². The fourth-order valence-electron chi connectivity index (χ4n) is 2.04. The van der Waals surface area contributed by atoms with Crippen LogP contribution in [0.4, 0.5) is 0 Å². The monoisotopic (exact) mass is 325 g/mol. The van der Waals surface area contributed by atoms with Crippen LogP contribution in [0.15, 0.2) is 24.3 Å². The molecule has 0 aromatic heterocycles. The molecule has 0 aliphatic carbocycles. The lowest BCUT2D eigenvalue weighted by Crippen LogP contribution is -2.35. The van der Waals surface area contributed by atoms with Crippen molar-refractivity contribution in [2.75, 3.05) is 19.9 Å². The third-order valence-corrected chi connectivity index (χ3v) is 4.40. The van der Waals surface area contributed by atoms with Crippen LogP contribution >= 0.6 is 11.8 Å². The Balaban J connectivity index is 2.63. The van der Waals surface area contributed by atoms with Crippen LogP contribution in [0, 0.1) is 5.92 Å². The van der Waals surface area contributed by atoms with Crippen LogP contribution in [0.5, 0.6) is 5.75 Å². The first-order chi connectivity index (χ1) is 10.5. The molecule has 0 saturated heterocycles. The smallest absolute Gasteiger partial charge is 0.308 e. The molecule has 1 aromatic rings. The molecule has 0 bridgehead atoms. The van der Waals surface area contributed by atoms with Crippen molar-refractivity contribution < 1.29 is 19.4 Å². The minimum atomic E-state index is -0.927. The molecule has 5 nitrogen and oxygen atoms in total. The predicted octanol–water partition coefficient (Wildman–Crippen LogP) is 2.20. The Bertz CT molecular complexity index is 507. The molecule has 2 atom stereocenters. The average molecular weight is 325 g/mol. The standard InChI is InChI=1S/C16H23NO4S/c1-11(22-3)8-15(18)17-10-13(16(19)20)9-12-6-4-5-7-14(12)21-2/h4-7,11,13H,8-10H2,1-3H3,(H,17,18)(H,19,20). The number of para-hydroxylation sites is 1. The van der Waals surface area contributed by atoms with Crippen molar-refractivity contribution in [2.45, 2.75) is 25.0 Å². The van der Waals surface area contributed by atoms with E-state index in [-0.39, 0.29) is 17.7 Å². The quantitative estimate of drug-likeness (QED) is 0.728. The number of thioether (sulfide) groups is 1. The highest BCUT2D eigenvalue weighted by atomic mass is 32.2. The van der Waals surface area contributed by atoms with Gasteiger partial charge in [0, 0.05) is 18.2 Å². The van der Waals surface area contributed by atoms with Crippen LogP contribution in [0.2, 0.25) is 0 Å². The van der Waals surface area contributed by atoms with Crippen molar-refractivity contribution in [3.05, 3.63) is 29.8 Å². The van der Waals surface area contributed by atoms with Gasteiger partial charge in [-0.2, -0.15) is 11.8 Å². The molecule has 0 aliphatic heterocycles. The molecule has 6 heteroatoms. The highest BCUT2D eigenvalue weighted by Crippen LogP contribution is 2.21. The van der Waals surface area contributed by atoms with Crippen molar-refractivity contribution in [2.24, 2.45) is 5.92 Å². The number of hydrogen-bond acceptors (Lipinski definition) is 4. The van der Waals surface area contributed by atoms with E-state index < -0.39 is 11.9 Å². The normalized spacial score (nSPS) is 13.2. The zero-order valence-electron chi connectivity index (χ0n) is 13.2. The Hall–Kier alpha value is -1.69. The van der Waals surface area contributed by atoms with Crippen molar-refractivity contribution in [3.63, 3.8) is 0 Å². The molecule has 0 spiro atoms. The first kappa shape index (κ1) is 18.4. The SMILES string of the molecule is COc1ccccc1CC(CNC(=O)CC(C)SC)C(=O)O. The topological polar surface area (TPSA) is 75.6 Å². The Morgan fingerprint density at radius 3 is 2.64 bits per heavy atom. The summed E-state index contributed by atoms with van der Waals surface area (Å²) in [6, 6.07) is 7.32. The molecule has 1 amide bonds. The van der Waals surface area contributed by atoms with Gasteiger partial charge in [-0.05, 0) is 24.3 Å². The molecule has 1 rings (SSSR count). The summed E-state index contributed by atoms with van der Waals surface area (Å²) in [4.78, 5) is 23.2. The third-order valence-electron chi connectivity index (χ3n) is 3.43. The van der Waals surface area contributed by atoms with Gasteiger partial charge in [0.05, 0.1) is 13.0 Å². The molecule has 0 fully saturated rings. The number of ether oxygens (including phenoxy) is 1. The molecule has 22 heavy (non-hydrogen) atoms. The Morgan fingerprint density at radius 2 is 2.05 bits per heavy atom. The summed E-state index contributed by atoms with van der Waals surface area (Å²) in [5.41, 5.74) is 0.823. The summed E-state index contributed by atoms with van der Waals surface area (Å²) in [5, 5.41) is 12.3. The number of carboxylic acid groups (broad SMARTS) is 1. The van der Waals surface area contributed by atoms with E-state index >= 15 is 0 Å². The van der Waals surface area contributed by atoms with Gasteiger partial charge in [0.1, 0.15) is 5.75 Å². The number of carbonyl (C=O) groups is 2. The average Bonchev–Trinajstić information content (AvgIpc) is 2.51. The van der Waals surface area contributed by atoms with Gasteiger partial charge in [-0.3, -0.25) is 9.59 Å². The number of carboxylic acids is 1. The lowest BCUT2D eigenvalue weighted by atomic mass is 9.98. The highest BCUT2D eigenvalue weighted by Gasteiger charge is 2.21. The summed E-state index contributed by atoms with van der Waals surface area (Å²) in [5.74, 6) is -1.06. The van der Waals surface area contributed by atoms with Crippen LogP contribution in [-0.4, -0.2) is 42.1 Å². The predicted molar refractivity (Wildman–Crippen MR) is 88.4 cm³/mol. The first-order valence-electron chi connectivity index (χ1n) is 7.12. The van der Waals surface area contributed by atoms with Crippen LogP contribution in [0.1, 0.15) is 18.9 Å². The summed E-state index contributed by atoms with van der Waals surface area (Å²) in [6.07, 6.45) is 2.65. The lowest BCUT2D eigenvalue weighted by Gasteiger charge is -2.16. The van der Waals surface area contributed by atoms with Crippen LogP contribution in [0.25, 0.3) is 0 Å². The molecular formula is C16H23NO4S. The summed E-state index contributed by atoms with van der Waals surface area (Å²) in [6.45, 7) is 2.08. The Labute approximate surface area is 135 Å². The zero-order chi connectivity index (χ0) is 16.5. The van der Waals surface area contributed by atoms with E-state index in [9.17, 15) is 14.7 Å². The molecule has 0 radical (unpaired) electrons. The number of nitrogens with one attached hydrogen (secondary N) is 1. The number of aliphatic carboxylic acids is 1. The van der Waals surface area contributed by atoms with Crippen LogP contribution in [0.3, 0.4) is 0 Å². The Kier molecular flexibility index (Phi) is 7.80. The molecule has 2 unspecified atom stereocenters. The van der Waals surface area contributed by atoms with E-state index in [1.165, 1.54) is 0 Å². The van der Waals surface area contributed by atoms with Gasteiger partial charge in [-0.15, -0.1) is 0 Å². The maximum Gasteiger partial charge on any atom is 0.308 e. The van der Waals surface area contributed by atoms with Gasteiger partial charge in [-0.25, -0.2) is 0 Å². The minimum Gasteiger partial charge on any atom is -0.496 e. The van der Waals surface area contributed by atoms with Crippen molar-refractivity contribution in [1.29, 1.82) is 0 Å². The van der Waals surface area contributed by atoms with Crippen molar-refractivity contribution in [3.8, 4) is 5.75 Å². The molecule has 2 N–H and O–H groups in total. The van der Waals surface area contributed by atoms with E-state index in [0.29, 0.717) is 18.6 Å². The minimum absolute atomic E-state index is 0.117. The van der Waals surface area contributed by atoms with E-state index in [1.807, 2.05) is 31.4 Å². The fourth-order valence-corrected chi connectivity index (χ4v) is 2.36. The molecule has 0 aliphatic rings. The molecular weight excluding hydrogens is 302 g/mol. The van der Waals surface area contributed by atoms with Gasteiger partial charge >= 0.3 is 5.97 Å². The third kappa shape index (κ3) is 5.97. The molecule has 1 aromatic carbocycles. The summed E-state index contributed by atoms with van der Waals surface area (Å²) in [7, 11) is 1.56. The van der Waals surface area contributed by atoms with Crippen LogP contribution in [-0.2, 0) is 16.0 Å². The second-order valence-corrected chi connectivity index (χ2v) is 6.38. The Morgan fingerprint density at radius 1 is 1.36 bits per heavy atom. The first-order valence-corrected chi connectivity index (χ1v) is 8.40. The van der Waals surface area contributed by atoms with Gasteiger partial charge in [0.25, 0.3) is 0 Å². The van der Waals surface area contributed by atoms with E-state index in [0.717, 1.165) is 5.56 Å². The zero-order valence-corrected chi connectivity index (χ0v) is 14.0. The number of methoxy groups -OCH3 is 1. The number of rotatable bonds is 9. The molecule has 0 heterocycles. The van der Waals surface area contributed by atoms with Gasteiger partial charge in [-0.1, -0.05) is 25.1 Å². The number of hydrogen-bond donors (Lipinski definition) is 2.